The van der Waals surface area contributed by atoms with Gasteiger partial charge in [0.1, 0.15) is 17.5 Å². The maximum Gasteiger partial charge on any atom is 0.270 e. The van der Waals surface area contributed by atoms with Crippen molar-refractivity contribution in [1.29, 1.82) is 0 Å². The lowest BCUT2D eigenvalue weighted by Crippen LogP contribution is -2.49. The van der Waals surface area contributed by atoms with Crippen molar-refractivity contribution in [1.82, 2.24) is 29.8 Å². The molecule has 2 N–H and O–H groups in total. The number of piperazine rings is 1. The van der Waals surface area contributed by atoms with E-state index in [1.807, 2.05) is 35.2 Å². The van der Waals surface area contributed by atoms with Crippen molar-refractivity contribution >= 4 is 33.8 Å². The normalized spacial score (nSPS) is 15.1. The molecule has 3 aromatic heterocycles. The fourth-order valence-electron chi connectivity index (χ4n) is 3.47. The summed E-state index contributed by atoms with van der Waals surface area (Å²) in [6.45, 7) is 2.73. The number of amides is 1. The molecule has 8 nitrogen and oxygen atoms in total. The van der Waals surface area contributed by atoms with Gasteiger partial charge in [-0.15, -0.1) is 0 Å². The summed E-state index contributed by atoms with van der Waals surface area (Å²) in [5, 5.41) is 1.05. The Hall–Kier alpha value is -3.42. The molecule has 1 fully saturated rings. The van der Waals surface area contributed by atoms with Gasteiger partial charge in [-0.25, -0.2) is 15.0 Å². The van der Waals surface area contributed by atoms with Crippen LogP contribution in [0.4, 0.5) is 5.82 Å². The molecule has 0 saturated carbocycles. The Morgan fingerprint density at radius 1 is 1.04 bits per heavy atom. The summed E-state index contributed by atoms with van der Waals surface area (Å²) in [5.41, 5.74) is 3.12. The van der Waals surface area contributed by atoms with Gasteiger partial charge in [0.15, 0.2) is 11.5 Å². The van der Waals surface area contributed by atoms with Crippen LogP contribution in [0.15, 0.2) is 43.0 Å². The number of carbonyl (C=O) groups excluding carboxylic acids is 1. The van der Waals surface area contributed by atoms with Crippen molar-refractivity contribution in [3.8, 4) is 0 Å². The molecule has 0 radical (unpaired) electrons. The van der Waals surface area contributed by atoms with Crippen LogP contribution in [0, 0.1) is 0 Å². The second-order valence-corrected chi connectivity index (χ2v) is 6.35. The number of aromatic amines is 2. The molecule has 5 rings (SSSR count). The summed E-state index contributed by atoms with van der Waals surface area (Å²) in [6.07, 6.45) is 3.15. The monoisotopic (exact) mass is 347 g/mol. The molecule has 130 valence electrons. The Bertz CT molecular complexity index is 1060. The zero-order valence-electron chi connectivity index (χ0n) is 14.0. The van der Waals surface area contributed by atoms with E-state index in [1.54, 1.807) is 6.33 Å². The molecule has 1 amide bonds. The van der Waals surface area contributed by atoms with Gasteiger partial charge in [-0.2, -0.15) is 0 Å². The van der Waals surface area contributed by atoms with E-state index in [0.717, 1.165) is 35.3 Å². The topological polar surface area (TPSA) is 93.8 Å². The van der Waals surface area contributed by atoms with Crippen molar-refractivity contribution < 1.29 is 4.79 Å². The minimum absolute atomic E-state index is 0.0372. The first-order chi connectivity index (χ1) is 12.8. The van der Waals surface area contributed by atoms with E-state index in [0.29, 0.717) is 24.4 Å². The highest BCUT2D eigenvalue weighted by molar-refractivity contribution is 5.98. The molecule has 0 bridgehead atoms. The fraction of sp³-hybridized carbons (Fsp3) is 0.222. The van der Waals surface area contributed by atoms with Crippen LogP contribution in [-0.4, -0.2) is 61.9 Å². The third-order valence-corrected chi connectivity index (χ3v) is 4.83. The number of H-pyrrole nitrogens is 2. The Morgan fingerprint density at radius 2 is 1.88 bits per heavy atom. The maximum absolute atomic E-state index is 12.8. The molecule has 1 aliphatic heterocycles. The summed E-state index contributed by atoms with van der Waals surface area (Å²) in [7, 11) is 0. The predicted octanol–water partition coefficient (Wildman–Crippen LogP) is 1.80. The largest absolute Gasteiger partial charge is 0.351 e. The van der Waals surface area contributed by atoms with Crippen LogP contribution in [0.2, 0.25) is 0 Å². The van der Waals surface area contributed by atoms with E-state index in [1.165, 1.54) is 6.33 Å². The number of hydrogen-bond acceptors (Lipinski definition) is 5. The second-order valence-electron chi connectivity index (χ2n) is 6.35. The van der Waals surface area contributed by atoms with E-state index in [-0.39, 0.29) is 5.91 Å². The van der Waals surface area contributed by atoms with Crippen LogP contribution in [0.1, 0.15) is 10.5 Å². The number of benzene rings is 1. The van der Waals surface area contributed by atoms with Gasteiger partial charge in [0, 0.05) is 37.1 Å². The third kappa shape index (κ3) is 2.38. The van der Waals surface area contributed by atoms with Crippen LogP contribution >= 0.6 is 0 Å². The number of hydrogen-bond donors (Lipinski definition) is 2. The second kappa shape index (κ2) is 5.83. The van der Waals surface area contributed by atoms with E-state index in [9.17, 15) is 4.79 Å². The minimum Gasteiger partial charge on any atom is -0.351 e. The lowest BCUT2D eigenvalue weighted by atomic mass is 10.2. The Kier molecular flexibility index (Phi) is 3.34. The molecule has 26 heavy (non-hydrogen) atoms. The zero-order chi connectivity index (χ0) is 17.5. The summed E-state index contributed by atoms with van der Waals surface area (Å²) < 4.78 is 0. The van der Waals surface area contributed by atoms with Crippen molar-refractivity contribution in [2.45, 2.75) is 0 Å². The van der Waals surface area contributed by atoms with E-state index in [2.05, 4.69) is 29.8 Å². The molecule has 1 aromatic carbocycles. The van der Waals surface area contributed by atoms with Crippen molar-refractivity contribution in [3.05, 3.63) is 48.7 Å². The number of nitrogens with zero attached hydrogens (tertiary/aromatic N) is 5. The first kappa shape index (κ1) is 14.9. The number of nitrogens with one attached hydrogen (secondary N) is 2. The number of rotatable bonds is 2. The summed E-state index contributed by atoms with van der Waals surface area (Å²) in [6, 6.07) is 9.84. The lowest BCUT2D eigenvalue weighted by Gasteiger charge is -2.35. The molecule has 8 heteroatoms. The van der Waals surface area contributed by atoms with Crippen LogP contribution in [0.5, 0.6) is 0 Å². The van der Waals surface area contributed by atoms with Crippen LogP contribution in [-0.2, 0) is 0 Å². The highest BCUT2D eigenvalue weighted by Gasteiger charge is 2.25. The van der Waals surface area contributed by atoms with Crippen LogP contribution < -0.4 is 4.90 Å². The standard InChI is InChI=1S/C18H17N7O/c26-18(14-9-12-3-1-2-4-13(12)23-14)25-7-5-24(6-8-25)17-15-16(20-10-19-15)21-11-22-17/h1-4,9-11,23H,5-8H2,(H,19,20,21,22). The summed E-state index contributed by atoms with van der Waals surface area (Å²) in [4.78, 5) is 35.9. The van der Waals surface area contributed by atoms with Gasteiger partial charge in [-0.1, -0.05) is 18.2 Å². The van der Waals surface area contributed by atoms with Gasteiger partial charge in [0.25, 0.3) is 5.91 Å². The van der Waals surface area contributed by atoms with Crippen molar-refractivity contribution in [3.63, 3.8) is 0 Å². The molecular formula is C18H17N7O. The molecule has 0 atom stereocenters. The number of fused-ring (bicyclic) bond motifs is 2. The predicted molar refractivity (Wildman–Crippen MR) is 98.1 cm³/mol. The van der Waals surface area contributed by atoms with Crippen molar-refractivity contribution in [2.75, 3.05) is 31.1 Å². The van der Waals surface area contributed by atoms with Crippen molar-refractivity contribution in [2.24, 2.45) is 0 Å². The molecule has 0 spiro atoms. The van der Waals surface area contributed by atoms with E-state index < -0.39 is 0 Å². The number of aromatic nitrogens is 5. The zero-order valence-corrected chi connectivity index (χ0v) is 14.0. The quantitative estimate of drug-likeness (QED) is 0.577. The van der Waals surface area contributed by atoms with E-state index in [4.69, 9.17) is 0 Å². The van der Waals surface area contributed by atoms with Gasteiger partial charge >= 0.3 is 0 Å². The number of anilines is 1. The first-order valence-corrected chi connectivity index (χ1v) is 8.56. The maximum atomic E-state index is 12.8. The van der Waals surface area contributed by atoms with Gasteiger partial charge < -0.3 is 19.8 Å². The number of imidazole rings is 1. The number of para-hydroxylation sites is 1. The molecular weight excluding hydrogens is 330 g/mol. The molecule has 1 saturated heterocycles. The lowest BCUT2D eigenvalue weighted by molar-refractivity contribution is 0.0741. The fourth-order valence-corrected chi connectivity index (χ4v) is 3.47. The van der Waals surface area contributed by atoms with Crippen LogP contribution in [0.25, 0.3) is 22.1 Å². The Morgan fingerprint density at radius 3 is 2.73 bits per heavy atom. The molecule has 0 unspecified atom stereocenters. The highest BCUT2D eigenvalue weighted by atomic mass is 16.2. The summed E-state index contributed by atoms with van der Waals surface area (Å²) in [5.74, 6) is 0.875. The Labute approximate surface area is 148 Å². The molecule has 4 heterocycles. The first-order valence-electron chi connectivity index (χ1n) is 8.56. The van der Waals surface area contributed by atoms with Gasteiger partial charge in [0.2, 0.25) is 0 Å². The van der Waals surface area contributed by atoms with Gasteiger partial charge in [-0.05, 0) is 12.1 Å². The van der Waals surface area contributed by atoms with E-state index >= 15 is 0 Å². The average Bonchev–Trinajstić information content (AvgIpc) is 3.34. The van der Waals surface area contributed by atoms with Crippen LogP contribution in [0.3, 0.4) is 0 Å². The summed E-state index contributed by atoms with van der Waals surface area (Å²) >= 11 is 0. The minimum atomic E-state index is 0.0372. The number of carbonyl (C=O) groups is 1. The average molecular weight is 347 g/mol. The SMILES string of the molecule is O=C(c1cc2ccccc2[nH]1)N1CCN(c2ncnc3nc[nH]c23)CC1. The van der Waals surface area contributed by atoms with Gasteiger partial charge in [0.05, 0.1) is 6.33 Å². The Balaban J connectivity index is 1.33. The third-order valence-electron chi connectivity index (χ3n) is 4.83. The smallest absolute Gasteiger partial charge is 0.270 e. The molecule has 1 aliphatic rings. The highest BCUT2D eigenvalue weighted by Crippen LogP contribution is 2.22. The molecule has 0 aliphatic carbocycles. The van der Waals surface area contributed by atoms with Gasteiger partial charge in [-0.3, -0.25) is 4.79 Å². The molecule has 4 aromatic rings.